The quantitative estimate of drug-likeness (QED) is 0.637. The molecule has 0 atom stereocenters. The minimum atomic E-state index is -0.374. The first-order valence-corrected chi connectivity index (χ1v) is 9.03. The number of anilines is 2. The molecule has 2 aromatic rings. The summed E-state index contributed by atoms with van der Waals surface area (Å²) >= 11 is 1.68. The summed E-state index contributed by atoms with van der Waals surface area (Å²) in [6.07, 6.45) is 4.29. The van der Waals surface area contributed by atoms with Gasteiger partial charge in [-0.05, 0) is 36.6 Å². The monoisotopic (exact) mass is 347 g/mol. The number of rotatable bonds is 6. The van der Waals surface area contributed by atoms with Crippen molar-refractivity contribution in [3.8, 4) is 0 Å². The fourth-order valence-corrected chi connectivity index (χ4v) is 3.59. The molecule has 0 aliphatic carbocycles. The molecular weight excluding hydrogens is 326 g/mol. The van der Waals surface area contributed by atoms with Gasteiger partial charge in [-0.1, -0.05) is 13.0 Å². The summed E-state index contributed by atoms with van der Waals surface area (Å²) in [5, 5.41) is 16.7. The van der Waals surface area contributed by atoms with E-state index < -0.39 is 0 Å². The Labute approximate surface area is 144 Å². The second-order valence-electron chi connectivity index (χ2n) is 6.08. The van der Waals surface area contributed by atoms with E-state index in [2.05, 4.69) is 28.3 Å². The average Bonchev–Trinajstić information content (AvgIpc) is 3.08. The van der Waals surface area contributed by atoms with Crippen LogP contribution in [0.4, 0.5) is 17.3 Å². The molecule has 0 amide bonds. The highest BCUT2D eigenvalue weighted by atomic mass is 32.1. The molecule has 8 heteroatoms. The van der Waals surface area contributed by atoms with Crippen molar-refractivity contribution in [2.24, 2.45) is 5.92 Å². The van der Waals surface area contributed by atoms with Crippen LogP contribution >= 0.6 is 11.3 Å². The van der Waals surface area contributed by atoms with E-state index in [4.69, 9.17) is 0 Å². The zero-order chi connectivity index (χ0) is 16.9. The Balaban J connectivity index is 1.76. The van der Waals surface area contributed by atoms with Gasteiger partial charge in [-0.3, -0.25) is 10.1 Å². The van der Waals surface area contributed by atoms with E-state index >= 15 is 0 Å². The molecule has 3 rings (SSSR count). The number of piperidine rings is 1. The molecule has 0 aromatic carbocycles. The predicted molar refractivity (Wildman–Crippen MR) is 95.8 cm³/mol. The number of hydrogen-bond acceptors (Lipinski definition) is 7. The van der Waals surface area contributed by atoms with E-state index in [1.165, 1.54) is 11.2 Å². The summed E-state index contributed by atoms with van der Waals surface area (Å²) in [6.45, 7) is 4.42. The first kappa shape index (κ1) is 16.6. The highest BCUT2D eigenvalue weighted by molar-refractivity contribution is 7.09. The molecule has 7 nitrogen and oxygen atoms in total. The van der Waals surface area contributed by atoms with E-state index in [-0.39, 0.29) is 10.6 Å². The van der Waals surface area contributed by atoms with Gasteiger partial charge in [-0.25, -0.2) is 9.97 Å². The predicted octanol–water partition coefficient (Wildman–Crippen LogP) is 3.34. The summed E-state index contributed by atoms with van der Waals surface area (Å²) in [5.74, 6) is 1.39. The zero-order valence-corrected chi connectivity index (χ0v) is 14.5. The number of nitrogens with one attached hydrogen (secondary N) is 1. The summed E-state index contributed by atoms with van der Waals surface area (Å²) in [4.78, 5) is 22.8. The zero-order valence-electron chi connectivity index (χ0n) is 13.6. The van der Waals surface area contributed by atoms with Gasteiger partial charge in [0.25, 0.3) is 0 Å². The van der Waals surface area contributed by atoms with E-state index in [9.17, 15) is 10.1 Å². The standard InChI is InChI=1S/C16H21N5O2S/c1-12-5-8-20(9-6-12)16-14(21(22)23)15(18-11-19-16)17-7-4-13-3-2-10-24-13/h2-3,10-12H,4-9H2,1H3,(H,17,18,19). The second-order valence-corrected chi connectivity index (χ2v) is 7.11. The van der Waals surface area contributed by atoms with E-state index in [1.807, 2.05) is 16.3 Å². The van der Waals surface area contributed by atoms with Crippen LogP contribution in [0, 0.1) is 16.0 Å². The number of nitrogens with zero attached hydrogens (tertiary/aromatic N) is 4. The molecule has 1 aliphatic rings. The van der Waals surface area contributed by atoms with E-state index in [1.54, 1.807) is 11.3 Å². The Morgan fingerprint density at radius 2 is 2.21 bits per heavy atom. The summed E-state index contributed by atoms with van der Waals surface area (Å²) in [7, 11) is 0. The fourth-order valence-electron chi connectivity index (χ4n) is 2.88. The normalized spacial score (nSPS) is 15.5. The Bertz CT molecular complexity index is 684. The lowest BCUT2D eigenvalue weighted by molar-refractivity contribution is -0.383. The largest absolute Gasteiger partial charge is 0.364 e. The number of thiophene rings is 1. The minimum Gasteiger partial charge on any atom is -0.364 e. The molecule has 2 aromatic heterocycles. The SMILES string of the molecule is CC1CCN(c2ncnc(NCCc3cccs3)c2[N+](=O)[O-])CC1. The molecule has 128 valence electrons. The van der Waals surface area contributed by atoms with Gasteiger partial charge in [0, 0.05) is 24.5 Å². The van der Waals surface area contributed by atoms with Crippen LogP contribution < -0.4 is 10.2 Å². The summed E-state index contributed by atoms with van der Waals surface area (Å²) < 4.78 is 0. The van der Waals surface area contributed by atoms with Crippen LogP contribution in [-0.4, -0.2) is 34.5 Å². The van der Waals surface area contributed by atoms with Gasteiger partial charge in [-0.2, -0.15) is 0 Å². The van der Waals surface area contributed by atoms with Gasteiger partial charge < -0.3 is 10.2 Å². The van der Waals surface area contributed by atoms with Crippen molar-refractivity contribution in [2.75, 3.05) is 29.9 Å². The average molecular weight is 347 g/mol. The van der Waals surface area contributed by atoms with Crippen molar-refractivity contribution in [3.05, 3.63) is 38.8 Å². The highest BCUT2D eigenvalue weighted by Crippen LogP contribution is 2.33. The van der Waals surface area contributed by atoms with Gasteiger partial charge in [0.1, 0.15) is 6.33 Å². The Kier molecular flexibility index (Phi) is 5.24. The maximum atomic E-state index is 11.6. The number of nitro groups is 1. The van der Waals surface area contributed by atoms with Crippen molar-refractivity contribution in [1.82, 2.24) is 9.97 Å². The van der Waals surface area contributed by atoms with E-state index in [0.29, 0.717) is 24.1 Å². The van der Waals surface area contributed by atoms with Gasteiger partial charge in [-0.15, -0.1) is 11.3 Å². The van der Waals surface area contributed by atoms with E-state index in [0.717, 1.165) is 32.4 Å². The van der Waals surface area contributed by atoms with Crippen molar-refractivity contribution in [1.29, 1.82) is 0 Å². The Hall–Kier alpha value is -2.22. The Morgan fingerprint density at radius 3 is 2.88 bits per heavy atom. The smallest absolute Gasteiger partial charge is 0.353 e. The first-order chi connectivity index (χ1) is 11.6. The lowest BCUT2D eigenvalue weighted by Crippen LogP contribution is -2.34. The van der Waals surface area contributed by atoms with Crippen molar-refractivity contribution < 1.29 is 4.92 Å². The van der Waals surface area contributed by atoms with Gasteiger partial charge in [0.15, 0.2) is 0 Å². The molecule has 0 unspecified atom stereocenters. The Morgan fingerprint density at radius 1 is 1.42 bits per heavy atom. The van der Waals surface area contributed by atoms with Crippen LogP contribution in [0.1, 0.15) is 24.6 Å². The van der Waals surface area contributed by atoms with Gasteiger partial charge in [0.05, 0.1) is 4.92 Å². The van der Waals surface area contributed by atoms with Gasteiger partial charge in [0.2, 0.25) is 11.6 Å². The molecule has 3 heterocycles. The third-order valence-corrected chi connectivity index (χ3v) is 5.25. The van der Waals surface area contributed by atoms with Gasteiger partial charge >= 0.3 is 5.69 Å². The summed E-state index contributed by atoms with van der Waals surface area (Å²) in [5.41, 5.74) is -0.0155. The lowest BCUT2D eigenvalue weighted by Gasteiger charge is -2.30. The molecule has 0 bridgehead atoms. The van der Waals surface area contributed by atoms with Crippen molar-refractivity contribution in [3.63, 3.8) is 0 Å². The minimum absolute atomic E-state index is 0.0155. The van der Waals surface area contributed by atoms with Crippen LogP contribution in [0.5, 0.6) is 0 Å². The van der Waals surface area contributed by atoms with Crippen LogP contribution in [0.2, 0.25) is 0 Å². The topological polar surface area (TPSA) is 84.2 Å². The van der Waals surface area contributed by atoms with Crippen LogP contribution in [0.3, 0.4) is 0 Å². The molecule has 0 spiro atoms. The number of aromatic nitrogens is 2. The highest BCUT2D eigenvalue weighted by Gasteiger charge is 2.28. The third-order valence-electron chi connectivity index (χ3n) is 4.31. The van der Waals surface area contributed by atoms with Crippen molar-refractivity contribution in [2.45, 2.75) is 26.2 Å². The molecule has 0 radical (unpaired) electrons. The second kappa shape index (κ2) is 7.57. The molecule has 0 saturated carbocycles. The molecule has 1 N–H and O–H groups in total. The summed E-state index contributed by atoms with van der Waals surface area (Å²) in [6, 6.07) is 4.06. The van der Waals surface area contributed by atoms with Crippen LogP contribution in [-0.2, 0) is 6.42 Å². The maximum Gasteiger partial charge on any atom is 0.353 e. The first-order valence-electron chi connectivity index (χ1n) is 8.15. The molecule has 1 saturated heterocycles. The molecular formula is C16H21N5O2S. The maximum absolute atomic E-state index is 11.6. The number of hydrogen-bond donors (Lipinski definition) is 1. The third kappa shape index (κ3) is 3.81. The van der Waals surface area contributed by atoms with Crippen LogP contribution in [0.25, 0.3) is 0 Å². The molecule has 24 heavy (non-hydrogen) atoms. The van der Waals surface area contributed by atoms with Crippen molar-refractivity contribution >= 4 is 28.7 Å². The molecule has 1 fully saturated rings. The lowest BCUT2D eigenvalue weighted by atomic mass is 9.99. The van der Waals surface area contributed by atoms with Crippen LogP contribution in [0.15, 0.2) is 23.8 Å². The molecule has 1 aliphatic heterocycles. The fraction of sp³-hybridized carbons (Fsp3) is 0.500.